The maximum atomic E-state index is 14.2. The minimum atomic E-state index is -4.45. The molecule has 77 heavy (non-hydrogen) atoms. The summed E-state index contributed by atoms with van der Waals surface area (Å²) in [5, 5.41) is 18.4. The molecular weight excluding hydrogens is 1010 g/mol. The summed E-state index contributed by atoms with van der Waals surface area (Å²) >= 11 is 1.69. The van der Waals surface area contributed by atoms with Gasteiger partial charge in [0.2, 0.25) is 23.6 Å². The third kappa shape index (κ3) is 14.6. The zero-order valence-corrected chi connectivity index (χ0v) is 44.9. The predicted molar refractivity (Wildman–Crippen MR) is 294 cm³/mol. The van der Waals surface area contributed by atoms with Crippen molar-refractivity contribution < 1.29 is 47.0 Å². The SMILES string of the molecule is CC1N=CSC1c1ccc([C@H](C)NC(=O)[C@@H]2C[C@@H](O)CN2C(=O)C(C=NC(=O)CCCC2CCN(C(=O)Cc3cccc(CNC(=O)c4ccc5c(Oc6ccc(C(F)(F)F)cc6)cccc5c4)c3)CC2)C(C)(C)C)cc1. The fourth-order valence-corrected chi connectivity index (χ4v) is 11.2. The van der Waals surface area contributed by atoms with Gasteiger partial charge in [-0.05, 0) is 127 Å². The fraction of sp³-hybridized carbons (Fsp3) is 0.417. The molecule has 13 nitrogen and oxygen atoms in total. The number of aliphatic hydroxyl groups excluding tert-OH is 1. The molecule has 0 aromatic heterocycles. The van der Waals surface area contributed by atoms with Crippen LogP contribution in [0.25, 0.3) is 10.8 Å². The molecule has 5 amide bonds. The number of hydrogen-bond donors (Lipinski definition) is 3. The highest BCUT2D eigenvalue weighted by Gasteiger charge is 2.44. The van der Waals surface area contributed by atoms with Crippen LogP contribution in [-0.2, 0) is 38.3 Å². The molecule has 0 bridgehead atoms. The van der Waals surface area contributed by atoms with Crippen molar-refractivity contribution in [3.63, 3.8) is 0 Å². The van der Waals surface area contributed by atoms with Crippen LogP contribution in [0.5, 0.6) is 11.5 Å². The van der Waals surface area contributed by atoms with Gasteiger partial charge in [0.05, 0.1) is 46.9 Å². The number of benzene rings is 5. The van der Waals surface area contributed by atoms with E-state index in [-0.39, 0.29) is 85.0 Å². The van der Waals surface area contributed by atoms with Crippen LogP contribution in [0.3, 0.4) is 0 Å². The number of β-amino-alcohol motifs (C(OH)–C–C–N with tert-alkyl or cyclic N) is 1. The Balaban J connectivity index is 0.755. The molecule has 406 valence electrons. The molecule has 17 heteroatoms. The Labute approximate surface area is 452 Å². The number of aliphatic imine (C=N–C) groups is 2. The number of carbonyl (C=O) groups excluding carboxylic acids is 5. The number of ether oxygens (including phenoxy) is 1. The van der Waals surface area contributed by atoms with E-state index in [2.05, 4.69) is 39.7 Å². The lowest BCUT2D eigenvalue weighted by molar-refractivity contribution is -0.142. The Morgan fingerprint density at radius 3 is 2.31 bits per heavy atom. The van der Waals surface area contributed by atoms with Gasteiger partial charge in [-0.25, -0.2) is 4.99 Å². The Morgan fingerprint density at radius 1 is 0.909 bits per heavy atom. The van der Waals surface area contributed by atoms with Crippen LogP contribution in [0.1, 0.15) is 123 Å². The van der Waals surface area contributed by atoms with E-state index in [0.29, 0.717) is 42.1 Å². The second kappa shape index (κ2) is 24.6. The van der Waals surface area contributed by atoms with Gasteiger partial charge < -0.3 is 30.3 Å². The summed E-state index contributed by atoms with van der Waals surface area (Å²) in [4.78, 5) is 79.7. The van der Waals surface area contributed by atoms with E-state index in [1.54, 1.807) is 42.1 Å². The summed E-state index contributed by atoms with van der Waals surface area (Å²) < 4.78 is 45.0. The van der Waals surface area contributed by atoms with E-state index in [1.807, 2.05) is 80.6 Å². The fourth-order valence-electron chi connectivity index (χ4n) is 10.2. The number of rotatable bonds is 17. The van der Waals surface area contributed by atoms with E-state index in [1.165, 1.54) is 23.2 Å². The predicted octanol–water partition coefficient (Wildman–Crippen LogP) is 10.8. The summed E-state index contributed by atoms with van der Waals surface area (Å²) in [6.45, 7) is 11.1. The van der Waals surface area contributed by atoms with Gasteiger partial charge in [-0.2, -0.15) is 13.2 Å². The zero-order valence-electron chi connectivity index (χ0n) is 44.1. The highest BCUT2D eigenvalue weighted by molar-refractivity contribution is 8.12. The van der Waals surface area contributed by atoms with Gasteiger partial charge in [-0.3, -0.25) is 29.0 Å². The normalized spacial score (nSPS) is 19.9. The molecule has 0 saturated carbocycles. The Hall–Kier alpha value is -6.85. The lowest BCUT2D eigenvalue weighted by atomic mass is 9.80. The molecule has 5 aromatic carbocycles. The van der Waals surface area contributed by atoms with Crippen molar-refractivity contribution in [1.29, 1.82) is 0 Å². The third-order valence-electron chi connectivity index (χ3n) is 14.8. The molecule has 3 heterocycles. The average molecular weight is 1070 g/mol. The highest BCUT2D eigenvalue weighted by Crippen LogP contribution is 2.38. The maximum Gasteiger partial charge on any atom is 0.416 e. The molecule has 2 saturated heterocycles. The first kappa shape index (κ1) is 56.4. The first-order valence-electron chi connectivity index (χ1n) is 26.3. The number of amides is 5. The first-order chi connectivity index (χ1) is 36.7. The lowest BCUT2D eigenvalue weighted by Gasteiger charge is -2.33. The van der Waals surface area contributed by atoms with Crippen LogP contribution in [0.2, 0.25) is 0 Å². The number of carbonyl (C=O) groups is 5. The second-order valence-electron chi connectivity index (χ2n) is 21.6. The van der Waals surface area contributed by atoms with Crippen LogP contribution >= 0.6 is 11.8 Å². The smallest absolute Gasteiger partial charge is 0.416 e. The average Bonchev–Trinajstić information content (AvgIpc) is 4.04. The van der Waals surface area contributed by atoms with Crippen LogP contribution in [0, 0.1) is 17.3 Å². The summed E-state index contributed by atoms with van der Waals surface area (Å²) in [5.41, 5.74) is 4.66. The summed E-state index contributed by atoms with van der Waals surface area (Å²) in [6.07, 6.45) is -0.311. The lowest BCUT2D eigenvalue weighted by Crippen LogP contribution is -2.50. The molecule has 0 spiro atoms. The number of nitrogens with one attached hydrogen (secondary N) is 2. The number of nitrogens with zero attached hydrogens (tertiary/aromatic N) is 4. The maximum absolute atomic E-state index is 14.2. The van der Waals surface area contributed by atoms with E-state index in [4.69, 9.17) is 4.74 Å². The minimum Gasteiger partial charge on any atom is -0.457 e. The summed E-state index contributed by atoms with van der Waals surface area (Å²) in [7, 11) is 0. The van der Waals surface area contributed by atoms with Crippen molar-refractivity contribution in [3.8, 4) is 11.5 Å². The van der Waals surface area contributed by atoms with Crippen molar-refractivity contribution in [3.05, 3.63) is 143 Å². The molecular formula is C60H67F3N6O7S. The Kier molecular flexibility index (Phi) is 18.0. The van der Waals surface area contributed by atoms with Crippen molar-refractivity contribution in [2.24, 2.45) is 27.2 Å². The largest absolute Gasteiger partial charge is 0.457 e. The number of hydrogen-bond acceptors (Lipinski definition) is 9. The summed E-state index contributed by atoms with van der Waals surface area (Å²) in [5.74, 6) is -1.09. The van der Waals surface area contributed by atoms with Crippen molar-refractivity contribution in [1.82, 2.24) is 20.4 Å². The summed E-state index contributed by atoms with van der Waals surface area (Å²) in [6, 6.07) is 29.5. The van der Waals surface area contributed by atoms with Crippen LogP contribution in [0.4, 0.5) is 13.2 Å². The van der Waals surface area contributed by atoms with Gasteiger partial charge in [0.1, 0.15) is 17.5 Å². The van der Waals surface area contributed by atoms with Gasteiger partial charge in [-0.15, -0.1) is 11.8 Å². The molecule has 5 aromatic rings. The molecule has 0 radical (unpaired) electrons. The van der Waals surface area contributed by atoms with E-state index >= 15 is 0 Å². The van der Waals surface area contributed by atoms with Crippen LogP contribution < -0.4 is 15.4 Å². The second-order valence-corrected chi connectivity index (χ2v) is 22.6. The number of alkyl halides is 3. The van der Waals surface area contributed by atoms with Crippen molar-refractivity contribution in [2.45, 2.75) is 122 Å². The number of thioether (sulfide) groups is 1. The number of likely N-dealkylation sites (tertiary alicyclic amines) is 2. The van der Waals surface area contributed by atoms with Crippen molar-refractivity contribution >= 4 is 63.8 Å². The number of aliphatic hydroxyl groups is 1. The number of fused-ring (bicyclic) bond motifs is 1. The molecule has 8 rings (SSSR count). The standard InChI is InChI=1S/C60H67F3N6O7S/c1-37(42-15-17-43(18-16-42)55-38(2)66-36-77-55)67-57(74)51-32-47(70)35-69(51)58(75)50(59(3,4)5)34-64-53(71)14-7-9-39-25-27-68(28-26-39)54(72)30-40-10-6-11-41(29-40)33-65-56(73)45-19-24-49-44(31-45)12-8-13-52(49)76-48-22-20-46(21-23-48)60(61,62)63/h6,8,10-13,15-24,29,31,34,36-39,47,50-51,55,70H,7,9,14,25-28,30,32-33,35H2,1-5H3,(H,65,73)(H,67,74)/t37-,38?,47+,50?,51-,55?/m0/s1. The van der Waals surface area contributed by atoms with Gasteiger partial charge in [0.15, 0.2) is 0 Å². The molecule has 3 N–H and O–H groups in total. The monoisotopic (exact) mass is 1070 g/mol. The van der Waals surface area contributed by atoms with Gasteiger partial charge in [0, 0.05) is 56.2 Å². The molecule has 3 aliphatic heterocycles. The van der Waals surface area contributed by atoms with Crippen LogP contribution in [-0.4, -0.2) is 94.0 Å². The van der Waals surface area contributed by atoms with Crippen molar-refractivity contribution in [2.75, 3.05) is 19.6 Å². The number of piperidine rings is 1. The van der Waals surface area contributed by atoms with Gasteiger partial charge in [-0.1, -0.05) is 81.4 Å². The quantitative estimate of drug-likeness (QED) is 0.0773. The molecule has 0 aliphatic carbocycles. The zero-order chi connectivity index (χ0) is 55.0. The van der Waals surface area contributed by atoms with Gasteiger partial charge in [0.25, 0.3) is 5.91 Å². The van der Waals surface area contributed by atoms with E-state index < -0.39 is 35.2 Å². The molecule has 3 unspecified atom stereocenters. The van der Waals surface area contributed by atoms with Crippen LogP contribution in [0.15, 0.2) is 119 Å². The molecule has 3 aliphatic rings. The van der Waals surface area contributed by atoms with E-state index in [0.717, 1.165) is 59.0 Å². The first-order valence-corrected chi connectivity index (χ1v) is 27.3. The van der Waals surface area contributed by atoms with Gasteiger partial charge >= 0.3 is 6.18 Å². The Morgan fingerprint density at radius 2 is 1.62 bits per heavy atom. The topological polar surface area (TPSA) is 170 Å². The van der Waals surface area contributed by atoms with E-state index in [9.17, 15) is 42.3 Å². The third-order valence-corrected chi connectivity index (χ3v) is 16.0. The number of halogens is 3. The molecule has 2 fully saturated rings. The Bertz CT molecular complexity index is 2990. The minimum absolute atomic E-state index is 0.00653. The highest BCUT2D eigenvalue weighted by atomic mass is 32.2. The molecule has 6 atom stereocenters.